The van der Waals surface area contributed by atoms with E-state index in [4.69, 9.17) is 11.6 Å². The van der Waals surface area contributed by atoms with Gasteiger partial charge < -0.3 is 5.32 Å². The number of hydrogen-bond acceptors (Lipinski definition) is 3. The molecule has 0 aliphatic carbocycles. The largest absolute Gasteiger partial charge is 0.373 e. The molecule has 0 saturated carbocycles. The van der Waals surface area contributed by atoms with E-state index in [9.17, 15) is 4.39 Å². The van der Waals surface area contributed by atoms with Crippen LogP contribution >= 0.6 is 11.6 Å². The second-order valence-corrected chi connectivity index (χ2v) is 5.06. The van der Waals surface area contributed by atoms with Crippen LogP contribution in [0.15, 0.2) is 18.2 Å². The Labute approximate surface area is 123 Å². The first-order valence-electron chi connectivity index (χ1n) is 6.57. The molecule has 0 amide bonds. The molecule has 2 rings (SSSR count). The summed E-state index contributed by atoms with van der Waals surface area (Å²) in [7, 11) is 1.81. The lowest BCUT2D eigenvalue weighted by Crippen LogP contribution is -2.05. The summed E-state index contributed by atoms with van der Waals surface area (Å²) in [5, 5.41) is 3.42. The van der Waals surface area contributed by atoms with Gasteiger partial charge in [-0.25, -0.2) is 14.4 Å². The lowest BCUT2D eigenvalue weighted by Gasteiger charge is -2.12. The lowest BCUT2D eigenvalue weighted by atomic mass is 10.1. The molecule has 0 spiro atoms. The van der Waals surface area contributed by atoms with E-state index in [2.05, 4.69) is 22.2 Å². The van der Waals surface area contributed by atoms with E-state index in [1.807, 2.05) is 14.0 Å². The number of anilines is 1. The minimum absolute atomic E-state index is 0.362. The highest BCUT2D eigenvalue weighted by Crippen LogP contribution is 2.28. The van der Waals surface area contributed by atoms with Gasteiger partial charge in [0.15, 0.2) is 0 Å². The van der Waals surface area contributed by atoms with Gasteiger partial charge in [-0.3, -0.25) is 0 Å². The molecule has 0 radical (unpaired) electrons. The molecule has 0 aliphatic heterocycles. The monoisotopic (exact) mass is 293 g/mol. The molecule has 3 nitrogen and oxygen atoms in total. The van der Waals surface area contributed by atoms with E-state index in [0.29, 0.717) is 16.3 Å². The highest BCUT2D eigenvalue weighted by atomic mass is 35.5. The van der Waals surface area contributed by atoms with Crippen molar-refractivity contribution in [2.45, 2.75) is 26.7 Å². The van der Waals surface area contributed by atoms with Gasteiger partial charge in [-0.15, -0.1) is 0 Å². The number of aryl methyl sites for hydroxylation is 1. The Morgan fingerprint density at radius 1 is 1.25 bits per heavy atom. The first-order valence-corrected chi connectivity index (χ1v) is 6.94. The second kappa shape index (κ2) is 6.18. The van der Waals surface area contributed by atoms with Crippen molar-refractivity contribution in [3.05, 3.63) is 40.4 Å². The van der Waals surface area contributed by atoms with E-state index >= 15 is 0 Å². The standard InChI is InChI=1S/C15H17ClFN3/c1-4-5-13-19-14(9(2)15(18-3)20-13)10-6-11(16)8-12(17)7-10/h6-8H,4-5H2,1-3H3,(H,18,19,20). The number of hydrogen-bond donors (Lipinski definition) is 1. The van der Waals surface area contributed by atoms with E-state index in [-0.39, 0.29) is 5.82 Å². The Balaban J connectivity index is 2.61. The van der Waals surface area contributed by atoms with Gasteiger partial charge in [-0.2, -0.15) is 0 Å². The smallest absolute Gasteiger partial charge is 0.132 e. The van der Waals surface area contributed by atoms with Crippen molar-refractivity contribution in [1.29, 1.82) is 0 Å². The maximum Gasteiger partial charge on any atom is 0.132 e. The van der Waals surface area contributed by atoms with E-state index in [1.54, 1.807) is 6.07 Å². The summed E-state index contributed by atoms with van der Waals surface area (Å²) < 4.78 is 13.5. The minimum atomic E-state index is -0.367. The van der Waals surface area contributed by atoms with Crippen molar-refractivity contribution in [2.75, 3.05) is 12.4 Å². The van der Waals surface area contributed by atoms with Crippen LogP contribution in [0.5, 0.6) is 0 Å². The van der Waals surface area contributed by atoms with Crippen LogP contribution in [0, 0.1) is 12.7 Å². The molecule has 0 saturated heterocycles. The van der Waals surface area contributed by atoms with Gasteiger partial charge in [0.25, 0.3) is 0 Å². The summed E-state index contributed by atoms with van der Waals surface area (Å²) in [4.78, 5) is 9.01. The molecular weight excluding hydrogens is 277 g/mol. The second-order valence-electron chi connectivity index (χ2n) is 4.62. The number of rotatable bonds is 4. The molecule has 1 aromatic carbocycles. The predicted molar refractivity (Wildman–Crippen MR) is 80.7 cm³/mol. The summed E-state index contributed by atoms with van der Waals surface area (Å²) in [6, 6.07) is 4.44. The summed E-state index contributed by atoms with van der Waals surface area (Å²) in [5.74, 6) is 1.14. The van der Waals surface area contributed by atoms with Crippen LogP contribution in [-0.2, 0) is 6.42 Å². The SMILES string of the molecule is CCCc1nc(NC)c(C)c(-c2cc(F)cc(Cl)c2)n1. The molecule has 0 bridgehead atoms. The molecule has 5 heteroatoms. The molecule has 20 heavy (non-hydrogen) atoms. The first kappa shape index (κ1) is 14.7. The third kappa shape index (κ3) is 3.07. The molecule has 0 atom stereocenters. The fourth-order valence-electron chi connectivity index (χ4n) is 2.11. The molecule has 2 aromatic rings. The van der Waals surface area contributed by atoms with E-state index in [1.165, 1.54) is 12.1 Å². The maximum absolute atomic E-state index is 13.5. The van der Waals surface area contributed by atoms with Crippen LogP contribution in [0.3, 0.4) is 0 Å². The normalized spacial score (nSPS) is 10.7. The van der Waals surface area contributed by atoms with Crippen molar-refractivity contribution < 1.29 is 4.39 Å². The van der Waals surface area contributed by atoms with Crippen molar-refractivity contribution in [3.63, 3.8) is 0 Å². The van der Waals surface area contributed by atoms with Gasteiger partial charge in [0.1, 0.15) is 17.5 Å². The summed E-state index contributed by atoms with van der Waals surface area (Å²) >= 11 is 5.93. The van der Waals surface area contributed by atoms with E-state index < -0.39 is 0 Å². The van der Waals surface area contributed by atoms with Gasteiger partial charge >= 0.3 is 0 Å². The Hall–Kier alpha value is -1.68. The number of benzene rings is 1. The van der Waals surface area contributed by atoms with Crippen molar-refractivity contribution in [3.8, 4) is 11.3 Å². The van der Waals surface area contributed by atoms with Crippen LogP contribution in [0.25, 0.3) is 11.3 Å². The summed E-state index contributed by atoms with van der Waals surface area (Å²) in [5.41, 5.74) is 2.27. The molecule has 0 unspecified atom stereocenters. The number of aromatic nitrogens is 2. The topological polar surface area (TPSA) is 37.8 Å². The van der Waals surface area contributed by atoms with Crippen LogP contribution in [-0.4, -0.2) is 17.0 Å². The fourth-order valence-corrected chi connectivity index (χ4v) is 2.34. The fraction of sp³-hybridized carbons (Fsp3) is 0.333. The quantitative estimate of drug-likeness (QED) is 0.916. The molecule has 0 aliphatic rings. The first-order chi connectivity index (χ1) is 9.55. The molecule has 1 heterocycles. The zero-order valence-corrected chi connectivity index (χ0v) is 12.6. The van der Waals surface area contributed by atoms with Crippen LogP contribution < -0.4 is 5.32 Å². The Bertz CT molecular complexity index is 609. The molecule has 1 aromatic heterocycles. The lowest BCUT2D eigenvalue weighted by molar-refractivity contribution is 0.628. The van der Waals surface area contributed by atoms with Gasteiger partial charge in [-0.1, -0.05) is 18.5 Å². The van der Waals surface area contributed by atoms with Gasteiger partial charge in [0.05, 0.1) is 5.69 Å². The van der Waals surface area contributed by atoms with Crippen LogP contribution in [0.4, 0.5) is 10.2 Å². The molecular formula is C15H17ClFN3. The highest BCUT2D eigenvalue weighted by molar-refractivity contribution is 6.30. The third-order valence-corrected chi connectivity index (χ3v) is 3.26. The zero-order chi connectivity index (χ0) is 14.7. The van der Waals surface area contributed by atoms with Crippen molar-refractivity contribution in [1.82, 2.24) is 9.97 Å². The highest BCUT2D eigenvalue weighted by Gasteiger charge is 2.13. The molecule has 1 N–H and O–H groups in total. The van der Waals surface area contributed by atoms with Gasteiger partial charge in [0, 0.05) is 29.6 Å². The Morgan fingerprint density at radius 2 is 2.00 bits per heavy atom. The van der Waals surface area contributed by atoms with Crippen molar-refractivity contribution >= 4 is 17.4 Å². The number of nitrogens with one attached hydrogen (secondary N) is 1. The molecule has 0 fully saturated rings. The van der Waals surface area contributed by atoms with Gasteiger partial charge in [0.2, 0.25) is 0 Å². The Kier molecular flexibility index (Phi) is 4.55. The zero-order valence-electron chi connectivity index (χ0n) is 11.8. The maximum atomic E-state index is 13.5. The average Bonchev–Trinajstić information content (AvgIpc) is 2.39. The summed E-state index contributed by atoms with van der Waals surface area (Å²) in [6.45, 7) is 3.98. The third-order valence-electron chi connectivity index (χ3n) is 3.04. The van der Waals surface area contributed by atoms with Crippen molar-refractivity contribution in [2.24, 2.45) is 0 Å². The van der Waals surface area contributed by atoms with Crippen LogP contribution in [0.2, 0.25) is 5.02 Å². The summed E-state index contributed by atoms with van der Waals surface area (Å²) in [6.07, 6.45) is 1.74. The number of nitrogens with zero attached hydrogens (tertiary/aromatic N) is 2. The van der Waals surface area contributed by atoms with E-state index in [0.717, 1.165) is 30.0 Å². The minimum Gasteiger partial charge on any atom is -0.373 e. The predicted octanol–water partition coefficient (Wildman–Crippen LogP) is 4.24. The number of halogens is 2. The molecule has 106 valence electrons. The Morgan fingerprint density at radius 3 is 2.60 bits per heavy atom. The van der Waals surface area contributed by atoms with Gasteiger partial charge in [-0.05, 0) is 31.5 Å². The van der Waals surface area contributed by atoms with Crippen LogP contribution in [0.1, 0.15) is 24.7 Å². The average molecular weight is 294 g/mol.